The van der Waals surface area contributed by atoms with Crippen LogP contribution in [0.2, 0.25) is 0 Å². The summed E-state index contributed by atoms with van der Waals surface area (Å²) >= 11 is 1.81. The van der Waals surface area contributed by atoms with Gasteiger partial charge in [-0.15, -0.1) is 11.8 Å². The first-order valence-corrected chi connectivity index (χ1v) is 8.27. The standard InChI is InChI=1S/C8H10N2O5S3/c1-4-7(17-8(13)9-4)18(14,15)10-3-16-2-5(10)6(11)12/h5H,2-3H2,1H3,(H,9,13)(H,11,12). The maximum atomic E-state index is 12.3. The molecule has 18 heavy (non-hydrogen) atoms. The highest BCUT2D eigenvalue weighted by molar-refractivity contribution is 8.01. The fourth-order valence-electron chi connectivity index (χ4n) is 1.60. The summed E-state index contributed by atoms with van der Waals surface area (Å²) in [6.45, 7) is 1.48. The maximum absolute atomic E-state index is 12.3. The summed E-state index contributed by atoms with van der Waals surface area (Å²) in [5, 5.41) is 8.98. The van der Waals surface area contributed by atoms with Crippen LogP contribution in [0.25, 0.3) is 0 Å². The van der Waals surface area contributed by atoms with Crippen LogP contribution in [0.3, 0.4) is 0 Å². The van der Waals surface area contributed by atoms with Crippen molar-refractivity contribution in [2.24, 2.45) is 0 Å². The van der Waals surface area contributed by atoms with Crippen molar-refractivity contribution in [2.45, 2.75) is 17.2 Å². The van der Waals surface area contributed by atoms with Gasteiger partial charge in [0, 0.05) is 11.4 Å². The molecule has 1 aromatic heterocycles. The Bertz CT molecular complexity index is 631. The van der Waals surface area contributed by atoms with E-state index >= 15 is 0 Å². The van der Waals surface area contributed by atoms with Gasteiger partial charge in [-0.05, 0) is 6.92 Å². The molecule has 2 N–H and O–H groups in total. The summed E-state index contributed by atoms with van der Waals surface area (Å²) in [7, 11) is -3.92. The van der Waals surface area contributed by atoms with E-state index in [-0.39, 0.29) is 21.5 Å². The van der Waals surface area contributed by atoms with Crippen molar-refractivity contribution in [3.8, 4) is 0 Å². The van der Waals surface area contributed by atoms with Crippen LogP contribution in [-0.4, -0.2) is 46.5 Å². The van der Waals surface area contributed by atoms with E-state index in [1.807, 2.05) is 0 Å². The third-order valence-corrected chi connectivity index (χ3v) is 7.06. The second kappa shape index (κ2) is 4.68. The molecule has 0 amide bonds. The van der Waals surface area contributed by atoms with Gasteiger partial charge in [0.25, 0.3) is 10.0 Å². The fourth-order valence-corrected chi connectivity index (χ4v) is 6.15. The second-order valence-electron chi connectivity index (χ2n) is 3.67. The van der Waals surface area contributed by atoms with Crippen molar-refractivity contribution < 1.29 is 18.3 Å². The minimum atomic E-state index is -3.92. The lowest BCUT2D eigenvalue weighted by Gasteiger charge is -2.19. The molecule has 0 spiro atoms. The van der Waals surface area contributed by atoms with Gasteiger partial charge >= 0.3 is 10.8 Å². The fraction of sp³-hybridized carbons (Fsp3) is 0.500. The Morgan fingerprint density at radius 1 is 1.56 bits per heavy atom. The predicted octanol–water partition coefficient (Wildman–Crippen LogP) is -0.107. The first kappa shape index (κ1) is 13.6. The van der Waals surface area contributed by atoms with Crippen LogP contribution < -0.4 is 4.87 Å². The Hall–Kier alpha value is -0.840. The van der Waals surface area contributed by atoms with Crippen molar-refractivity contribution in [2.75, 3.05) is 11.6 Å². The zero-order valence-corrected chi connectivity index (χ0v) is 11.7. The number of thioether (sulfide) groups is 1. The van der Waals surface area contributed by atoms with Gasteiger partial charge in [0.2, 0.25) is 0 Å². The molecule has 1 atom stereocenters. The molecule has 2 heterocycles. The lowest BCUT2D eigenvalue weighted by atomic mass is 10.4. The number of aliphatic carboxylic acids is 1. The topological polar surface area (TPSA) is 108 Å². The maximum Gasteiger partial charge on any atom is 0.322 e. The molecule has 1 unspecified atom stereocenters. The van der Waals surface area contributed by atoms with Gasteiger partial charge in [0.15, 0.2) is 4.21 Å². The van der Waals surface area contributed by atoms with E-state index in [2.05, 4.69) is 4.98 Å². The quantitative estimate of drug-likeness (QED) is 0.807. The average Bonchev–Trinajstić information content (AvgIpc) is 2.84. The van der Waals surface area contributed by atoms with Crippen molar-refractivity contribution in [1.82, 2.24) is 9.29 Å². The molecule has 1 fully saturated rings. The number of carboxylic acid groups (broad SMARTS) is 1. The van der Waals surface area contributed by atoms with Crippen molar-refractivity contribution >= 4 is 39.1 Å². The largest absolute Gasteiger partial charge is 0.480 e. The Balaban J connectivity index is 2.46. The summed E-state index contributed by atoms with van der Waals surface area (Å²) in [6, 6.07) is -1.07. The number of aromatic amines is 1. The monoisotopic (exact) mass is 310 g/mol. The summed E-state index contributed by atoms with van der Waals surface area (Å²) in [4.78, 5) is 24.1. The highest BCUT2D eigenvalue weighted by Gasteiger charge is 2.41. The van der Waals surface area contributed by atoms with Crippen molar-refractivity contribution in [1.29, 1.82) is 0 Å². The first-order valence-electron chi connectivity index (χ1n) is 4.86. The molecule has 10 heteroatoms. The smallest absolute Gasteiger partial charge is 0.322 e. The lowest BCUT2D eigenvalue weighted by Crippen LogP contribution is -2.41. The lowest BCUT2D eigenvalue weighted by molar-refractivity contribution is -0.140. The summed E-state index contributed by atoms with van der Waals surface area (Å²) in [5.74, 6) is -0.873. The second-order valence-corrected chi connectivity index (χ2v) is 7.74. The molecule has 1 saturated heterocycles. The van der Waals surface area contributed by atoms with Crippen LogP contribution >= 0.6 is 23.1 Å². The van der Waals surface area contributed by atoms with E-state index in [9.17, 15) is 18.0 Å². The SMILES string of the molecule is Cc1[nH]c(=O)sc1S(=O)(=O)N1CSCC1C(=O)O. The molecule has 0 saturated carbocycles. The molecule has 0 bridgehead atoms. The molecule has 1 aliphatic rings. The zero-order valence-electron chi connectivity index (χ0n) is 9.24. The average molecular weight is 310 g/mol. The Labute approximate surface area is 111 Å². The van der Waals surface area contributed by atoms with Gasteiger partial charge in [-0.1, -0.05) is 11.3 Å². The van der Waals surface area contributed by atoms with E-state index in [0.717, 1.165) is 4.31 Å². The zero-order chi connectivity index (χ0) is 13.5. The van der Waals surface area contributed by atoms with E-state index in [1.165, 1.54) is 18.7 Å². The molecule has 100 valence electrons. The minimum Gasteiger partial charge on any atom is -0.480 e. The van der Waals surface area contributed by atoms with Gasteiger partial charge in [0.1, 0.15) is 6.04 Å². The normalized spacial score (nSPS) is 21.3. The number of nitrogens with one attached hydrogen (secondary N) is 1. The van der Waals surface area contributed by atoms with Crippen molar-refractivity contribution in [3.63, 3.8) is 0 Å². The molecule has 7 nitrogen and oxygen atoms in total. The van der Waals surface area contributed by atoms with E-state index in [4.69, 9.17) is 5.11 Å². The highest BCUT2D eigenvalue weighted by atomic mass is 32.2. The van der Waals surface area contributed by atoms with Gasteiger partial charge in [0.05, 0.1) is 5.88 Å². The number of thiazole rings is 1. The van der Waals surface area contributed by atoms with Crippen LogP contribution in [0, 0.1) is 6.92 Å². The number of sulfonamides is 1. The number of hydrogen-bond donors (Lipinski definition) is 2. The van der Waals surface area contributed by atoms with Crippen LogP contribution in [0.1, 0.15) is 5.69 Å². The molecule has 0 aromatic carbocycles. The van der Waals surface area contributed by atoms with Crippen LogP contribution in [-0.2, 0) is 14.8 Å². The Morgan fingerprint density at radius 2 is 2.22 bits per heavy atom. The number of aryl methyl sites for hydroxylation is 1. The number of H-pyrrole nitrogens is 1. The first-order chi connectivity index (χ1) is 8.34. The van der Waals surface area contributed by atoms with Crippen molar-refractivity contribution in [3.05, 3.63) is 15.4 Å². The third-order valence-electron chi connectivity index (χ3n) is 2.45. The molecule has 0 radical (unpaired) electrons. The number of carboxylic acids is 1. The van der Waals surface area contributed by atoms with E-state index in [0.29, 0.717) is 11.3 Å². The van der Waals surface area contributed by atoms with E-state index < -0.39 is 26.9 Å². The Kier molecular flexibility index (Phi) is 3.54. The molecule has 0 aliphatic carbocycles. The summed E-state index contributed by atoms with van der Waals surface area (Å²) < 4.78 is 25.4. The van der Waals surface area contributed by atoms with Crippen LogP contribution in [0.4, 0.5) is 0 Å². The number of hydrogen-bond acceptors (Lipinski definition) is 6. The Morgan fingerprint density at radius 3 is 2.72 bits per heavy atom. The highest BCUT2D eigenvalue weighted by Crippen LogP contribution is 2.30. The van der Waals surface area contributed by atoms with Gasteiger partial charge < -0.3 is 10.1 Å². The molecular formula is C8H10N2O5S3. The van der Waals surface area contributed by atoms with Crippen LogP contribution in [0.5, 0.6) is 0 Å². The van der Waals surface area contributed by atoms with Gasteiger partial charge in [-0.25, -0.2) is 8.42 Å². The van der Waals surface area contributed by atoms with Crippen LogP contribution in [0.15, 0.2) is 9.00 Å². The summed E-state index contributed by atoms with van der Waals surface area (Å²) in [6.07, 6.45) is 0. The number of rotatable bonds is 3. The van der Waals surface area contributed by atoms with E-state index in [1.54, 1.807) is 0 Å². The molecule has 1 aromatic rings. The third kappa shape index (κ3) is 2.20. The minimum absolute atomic E-state index is 0.0881. The number of nitrogens with zero attached hydrogens (tertiary/aromatic N) is 1. The molecule has 1 aliphatic heterocycles. The number of aromatic nitrogens is 1. The number of carbonyl (C=O) groups is 1. The van der Waals surface area contributed by atoms with Gasteiger partial charge in [-0.3, -0.25) is 9.59 Å². The molecule has 2 rings (SSSR count). The summed E-state index contributed by atoms with van der Waals surface area (Å²) in [5.41, 5.74) is 0.242. The molecular weight excluding hydrogens is 300 g/mol. The predicted molar refractivity (Wildman–Crippen MR) is 67.5 cm³/mol. The van der Waals surface area contributed by atoms with Gasteiger partial charge in [-0.2, -0.15) is 4.31 Å².